The van der Waals surface area contributed by atoms with Gasteiger partial charge in [-0.15, -0.1) is 0 Å². The summed E-state index contributed by atoms with van der Waals surface area (Å²) in [5.41, 5.74) is 1.06. The molecule has 7 heteroatoms. The van der Waals surface area contributed by atoms with Gasteiger partial charge in [-0.25, -0.2) is 8.78 Å². The van der Waals surface area contributed by atoms with Gasteiger partial charge >= 0.3 is 0 Å². The topological polar surface area (TPSA) is 49.9 Å². The fourth-order valence-electron chi connectivity index (χ4n) is 3.18. The number of ether oxygens (including phenoxy) is 1. The molecule has 2 amide bonds. The average Bonchev–Trinajstić information content (AvgIpc) is 2.62. The number of benzene rings is 2. The van der Waals surface area contributed by atoms with E-state index < -0.39 is 29.1 Å². The molecule has 0 radical (unpaired) electrons. The lowest BCUT2D eigenvalue weighted by atomic mass is 10.1. The van der Waals surface area contributed by atoms with Crippen LogP contribution in [0.3, 0.4) is 0 Å². The molecule has 0 saturated carbocycles. The Morgan fingerprint density at radius 2 is 1.85 bits per heavy atom. The quantitative estimate of drug-likeness (QED) is 0.829. The number of hydrogen-bond donors (Lipinski definition) is 0. The van der Waals surface area contributed by atoms with Crippen molar-refractivity contribution in [2.24, 2.45) is 0 Å². The molecule has 0 aromatic heterocycles. The van der Waals surface area contributed by atoms with Crippen LogP contribution in [0.15, 0.2) is 36.4 Å². The van der Waals surface area contributed by atoms with Gasteiger partial charge in [0.2, 0.25) is 5.91 Å². The van der Waals surface area contributed by atoms with Crippen molar-refractivity contribution in [3.8, 4) is 5.75 Å². The van der Waals surface area contributed by atoms with Crippen LogP contribution < -0.4 is 9.64 Å². The molecule has 1 atom stereocenters. The summed E-state index contributed by atoms with van der Waals surface area (Å²) in [6, 6.07) is 8.96. The molecule has 3 rings (SSSR count). The first-order chi connectivity index (χ1) is 12.8. The molecule has 0 N–H and O–H groups in total. The number of halogens is 2. The molecule has 27 heavy (non-hydrogen) atoms. The Morgan fingerprint density at radius 1 is 1.19 bits per heavy atom. The van der Waals surface area contributed by atoms with E-state index in [1.165, 1.54) is 12.0 Å². The molecular weight excluding hydrogens is 354 g/mol. The maximum Gasteiger partial charge on any atom is 0.260 e. The summed E-state index contributed by atoms with van der Waals surface area (Å²) in [5, 5.41) is 0. The molecule has 2 aromatic carbocycles. The number of rotatable bonds is 3. The van der Waals surface area contributed by atoms with E-state index in [0.717, 1.165) is 23.4 Å². The first kappa shape index (κ1) is 18.8. The molecule has 2 aromatic rings. The van der Waals surface area contributed by atoms with Gasteiger partial charge in [0.25, 0.3) is 5.91 Å². The molecule has 1 heterocycles. The highest BCUT2D eigenvalue weighted by atomic mass is 19.1. The third-order valence-electron chi connectivity index (χ3n) is 4.62. The van der Waals surface area contributed by atoms with Crippen LogP contribution in [0.25, 0.3) is 0 Å². The number of amides is 2. The van der Waals surface area contributed by atoms with Crippen LogP contribution in [0.4, 0.5) is 14.5 Å². The second-order valence-electron chi connectivity index (χ2n) is 6.59. The number of carbonyl (C=O) groups excluding carboxylic acids is 2. The van der Waals surface area contributed by atoms with Gasteiger partial charge in [0.15, 0.2) is 0 Å². The standard InChI is InChI=1S/C20H20F2N2O3/c1-12-5-4-6-14(7-12)24-10-13(2)23(11-18(24)25)20(26)19-16(21)8-15(27-3)9-17(19)22/h4-9,13H,10-11H2,1-3H3/t13-/m0/s1. The Kier molecular flexibility index (Phi) is 5.12. The third kappa shape index (κ3) is 3.63. The van der Waals surface area contributed by atoms with E-state index in [-0.39, 0.29) is 24.7 Å². The summed E-state index contributed by atoms with van der Waals surface area (Å²) < 4.78 is 33.3. The van der Waals surface area contributed by atoms with E-state index in [0.29, 0.717) is 0 Å². The Bertz CT molecular complexity index is 878. The van der Waals surface area contributed by atoms with Crippen LogP contribution >= 0.6 is 0 Å². The predicted octanol–water partition coefficient (Wildman–Crippen LogP) is 3.16. The van der Waals surface area contributed by atoms with Crippen molar-refractivity contribution in [2.45, 2.75) is 19.9 Å². The molecule has 5 nitrogen and oxygen atoms in total. The summed E-state index contributed by atoms with van der Waals surface area (Å²) in [4.78, 5) is 28.1. The number of nitrogens with zero attached hydrogens (tertiary/aromatic N) is 2. The van der Waals surface area contributed by atoms with Crippen LogP contribution in [0.5, 0.6) is 5.75 Å². The normalized spacial score (nSPS) is 17.2. The van der Waals surface area contributed by atoms with Gasteiger partial charge in [-0.1, -0.05) is 12.1 Å². The third-order valence-corrected chi connectivity index (χ3v) is 4.62. The zero-order valence-electron chi connectivity index (χ0n) is 15.3. The van der Waals surface area contributed by atoms with Crippen LogP contribution in [0.2, 0.25) is 0 Å². The summed E-state index contributed by atoms with van der Waals surface area (Å²) in [6.07, 6.45) is 0. The van der Waals surface area contributed by atoms with Gasteiger partial charge in [0.1, 0.15) is 29.5 Å². The fraction of sp³-hybridized carbons (Fsp3) is 0.300. The van der Waals surface area contributed by atoms with Gasteiger partial charge in [0, 0.05) is 30.4 Å². The fourth-order valence-corrected chi connectivity index (χ4v) is 3.18. The number of methoxy groups -OCH3 is 1. The molecule has 0 spiro atoms. The largest absolute Gasteiger partial charge is 0.497 e. The highest BCUT2D eigenvalue weighted by Crippen LogP contribution is 2.26. The molecule has 1 aliphatic heterocycles. The number of aryl methyl sites for hydroxylation is 1. The van der Waals surface area contributed by atoms with Crippen molar-refractivity contribution in [3.05, 3.63) is 59.2 Å². The van der Waals surface area contributed by atoms with Crippen molar-refractivity contribution in [1.82, 2.24) is 4.90 Å². The van der Waals surface area contributed by atoms with Crippen LogP contribution in [-0.2, 0) is 4.79 Å². The van der Waals surface area contributed by atoms with Crippen LogP contribution in [-0.4, -0.2) is 43.0 Å². The first-order valence-corrected chi connectivity index (χ1v) is 8.53. The Balaban J connectivity index is 1.86. The van der Waals surface area contributed by atoms with Crippen molar-refractivity contribution in [1.29, 1.82) is 0 Å². The van der Waals surface area contributed by atoms with Crippen LogP contribution in [0, 0.1) is 18.6 Å². The lowest BCUT2D eigenvalue weighted by molar-refractivity contribution is -0.121. The van der Waals surface area contributed by atoms with Crippen molar-refractivity contribution in [3.63, 3.8) is 0 Å². The SMILES string of the molecule is COc1cc(F)c(C(=O)N2CC(=O)N(c3cccc(C)c3)C[C@@H]2C)c(F)c1. The highest BCUT2D eigenvalue weighted by Gasteiger charge is 2.35. The van der Waals surface area contributed by atoms with E-state index in [2.05, 4.69) is 0 Å². The number of carbonyl (C=O) groups is 2. The molecule has 0 aliphatic carbocycles. The second kappa shape index (κ2) is 7.34. The summed E-state index contributed by atoms with van der Waals surface area (Å²) in [5.74, 6) is -3.20. The minimum atomic E-state index is -1.02. The lowest BCUT2D eigenvalue weighted by Crippen LogP contribution is -2.57. The van der Waals surface area contributed by atoms with E-state index in [4.69, 9.17) is 4.74 Å². The average molecular weight is 374 g/mol. The van der Waals surface area contributed by atoms with E-state index in [9.17, 15) is 18.4 Å². The zero-order chi connectivity index (χ0) is 19.7. The number of piperazine rings is 1. The maximum absolute atomic E-state index is 14.3. The molecule has 0 unspecified atom stereocenters. The minimum Gasteiger partial charge on any atom is -0.497 e. The lowest BCUT2D eigenvalue weighted by Gasteiger charge is -2.39. The maximum atomic E-state index is 14.3. The van der Waals surface area contributed by atoms with Crippen LogP contribution in [0.1, 0.15) is 22.8 Å². The molecule has 1 aliphatic rings. The monoisotopic (exact) mass is 374 g/mol. The van der Waals surface area contributed by atoms with Gasteiger partial charge < -0.3 is 14.5 Å². The molecule has 0 bridgehead atoms. The van der Waals surface area contributed by atoms with Gasteiger partial charge in [-0.05, 0) is 31.5 Å². The molecule has 1 fully saturated rings. The summed E-state index contributed by atoms with van der Waals surface area (Å²) in [6.45, 7) is 3.66. The minimum absolute atomic E-state index is 0.0186. The summed E-state index contributed by atoms with van der Waals surface area (Å²) in [7, 11) is 1.28. The van der Waals surface area contributed by atoms with E-state index in [1.807, 2.05) is 31.2 Å². The van der Waals surface area contributed by atoms with E-state index in [1.54, 1.807) is 11.8 Å². The first-order valence-electron chi connectivity index (χ1n) is 8.53. The van der Waals surface area contributed by atoms with Gasteiger partial charge in [0.05, 0.1) is 7.11 Å². The van der Waals surface area contributed by atoms with Crippen molar-refractivity contribution in [2.75, 3.05) is 25.1 Å². The second-order valence-corrected chi connectivity index (χ2v) is 6.59. The van der Waals surface area contributed by atoms with Crippen molar-refractivity contribution >= 4 is 17.5 Å². The van der Waals surface area contributed by atoms with E-state index >= 15 is 0 Å². The zero-order valence-corrected chi connectivity index (χ0v) is 15.3. The highest BCUT2D eigenvalue weighted by molar-refractivity contribution is 6.02. The molecule has 1 saturated heterocycles. The predicted molar refractivity (Wildman–Crippen MR) is 96.9 cm³/mol. The number of hydrogen-bond acceptors (Lipinski definition) is 3. The Morgan fingerprint density at radius 3 is 2.44 bits per heavy atom. The van der Waals surface area contributed by atoms with Gasteiger partial charge in [-0.3, -0.25) is 9.59 Å². The Hall–Kier alpha value is -2.96. The molecular formula is C20H20F2N2O3. The van der Waals surface area contributed by atoms with Gasteiger partial charge in [-0.2, -0.15) is 0 Å². The summed E-state index contributed by atoms with van der Waals surface area (Å²) >= 11 is 0. The van der Waals surface area contributed by atoms with Crippen molar-refractivity contribution < 1.29 is 23.1 Å². The Labute approximate surface area is 156 Å². The smallest absolute Gasteiger partial charge is 0.260 e. The molecule has 142 valence electrons. The number of anilines is 1.